The Kier molecular flexibility index (Phi) is 4.08. The largest absolute Gasteiger partial charge is 0.394 e. The Morgan fingerprint density at radius 1 is 1.53 bits per heavy atom. The molecular formula is C10H18N2O3. The molecule has 2 atom stereocenters. The maximum absolute atomic E-state index is 11.7. The lowest BCUT2D eigenvalue weighted by atomic mass is 10.0. The number of aliphatic hydroxyl groups excluding tert-OH is 1. The van der Waals surface area contributed by atoms with Crippen LogP contribution >= 0.6 is 0 Å². The monoisotopic (exact) mass is 214 g/mol. The summed E-state index contributed by atoms with van der Waals surface area (Å²) in [5.41, 5.74) is 0. The van der Waals surface area contributed by atoms with Crippen molar-refractivity contribution in [1.82, 2.24) is 10.2 Å². The Labute approximate surface area is 89.4 Å². The van der Waals surface area contributed by atoms with E-state index in [-0.39, 0.29) is 31.0 Å². The number of carbonyl (C=O) groups is 2. The van der Waals surface area contributed by atoms with E-state index in [1.165, 1.54) is 6.92 Å². The minimum Gasteiger partial charge on any atom is -0.394 e. The first-order valence-corrected chi connectivity index (χ1v) is 5.21. The maximum Gasteiger partial charge on any atom is 0.242 e. The first-order valence-electron chi connectivity index (χ1n) is 5.21. The summed E-state index contributed by atoms with van der Waals surface area (Å²) in [6.07, 6.45) is 0.914. The van der Waals surface area contributed by atoms with E-state index in [0.29, 0.717) is 12.5 Å². The van der Waals surface area contributed by atoms with Crippen molar-refractivity contribution in [1.29, 1.82) is 0 Å². The first-order chi connectivity index (χ1) is 7.06. The summed E-state index contributed by atoms with van der Waals surface area (Å²) in [7, 11) is 0. The smallest absolute Gasteiger partial charge is 0.242 e. The van der Waals surface area contributed by atoms with Crippen molar-refractivity contribution in [2.45, 2.75) is 26.3 Å². The zero-order valence-electron chi connectivity index (χ0n) is 9.19. The van der Waals surface area contributed by atoms with Gasteiger partial charge in [0, 0.05) is 13.5 Å². The number of rotatable bonds is 3. The second-order valence-corrected chi connectivity index (χ2v) is 4.01. The van der Waals surface area contributed by atoms with Crippen LogP contribution in [0.15, 0.2) is 0 Å². The molecule has 0 radical (unpaired) electrons. The van der Waals surface area contributed by atoms with Gasteiger partial charge in [0.2, 0.25) is 11.8 Å². The Hall–Kier alpha value is -1.10. The van der Waals surface area contributed by atoms with Gasteiger partial charge in [-0.25, -0.2) is 0 Å². The van der Waals surface area contributed by atoms with Gasteiger partial charge in [0.15, 0.2) is 0 Å². The van der Waals surface area contributed by atoms with E-state index in [1.807, 2.05) is 6.92 Å². The number of amides is 2. The number of nitrogens with one attached hydrogen (secondary N) is 1. The molecule has 1 heterocycles. The fraction of sp³-hybridized carbons (Fsp3) is 0.800. The minimum absolute atomic E-state index is 0.00697. The highest BCUT2D eigenvalue weighted by molar-refractivity contribution is 5.84. The molecule has 0 bridgehead atoms. The van der Waals surface area contributed by atoms with E-state index in [4.69, 9.17) is 5.11 Å². The molecule has 0 aromatic rings. The fourth-order valence-electron chi connectivity index (χ4n) is 1.90. The Balaban J connectivity index is 2.48. The van der Waals surface area contributed by atoms with Gasteiger partial charge in [0.25, 0.3) is 0 Å². The number of likely N-dealkylation sites (tertiary alicyclic amines) is 1. The minimum atomic E-state index is -0.212. The van der Waals surface area contributed by atoms with Crippen molar-refractivity contribution < 1.29 is 14.7 Å². The van der Waals surface area contributed by atoms with E-state index in [1.54, 1.807) is 4.90 Å². The van der Waals surface area contributed by atoms with Crippen molar-refractivity contribution in [3.05, 3.63) is 0 Å². The molecule has 0 saturated carbocycles. The van der Waals surface area contributed by atoms with Crippen LogP contribution in [0.25, 0.3) is 0 Å². The van der Waals surface area contributed by atoms with Crippen LogP contribution in [0.3, 0.4) is 0 Å². The molecule has 0 aromatic heterocycles. The molecular weight excluding hydrogens is 196 g/mol. The summed E-state index contributed by atoms with van der Waals surface area (Å²) < 4.78 is 0. The quantitative estimate of drug-likeness (QED) is 0.656. The van der Waals surface area contributed by atoms with Crippen molar-refractivity contribution in [3.8, 4) is 0 Å². The molecule has 2 unspecified atom stereocenters. The fourth-order valence-corrected chi connectivity index (χ4v) is 1.90. The van der Waals surface area contributed by atoms with Gasteiger partial charge in [-0.1, -0.05) is 6.92 Å². The summed E-state index contributed by atoms with van der Waals surface area (Å²) in [5, 5.41) is 11.6. The second-order valence-electron chi connectivity index (χ2n) is 4.01. The lowest BCUT2D eigenvalue weighted by Crippen LogP contribution is -2.44. The van der Waals surface area contributed by atoms with Crippen LogP contribution in [0.4, 0.5) is 0 Å². The molecule has 0 aromatic carbocycles. The zero-order chi connectivity index (χ0) is 11.4. The standard InChI is InChI=1S/C10H18N2O3/c1-7-3-4-12(9(7)6-13)10(15)5-11-8(2)14/h7,9,13H,3-6H2,1-2H3,(H,11,14). The lowest BCUT2D eigenvalue weighted by Gasteiger charge is -2.25. The summed E-state index contributed by atoms with van der Waals surface area (Å²) in [4.78, 5) is 24.0. The molecule has 1 fully saturated rings. The predicted molar refractivity (Wildman–Crippen MR) is 55.1 cm³/mol. The second kappa shape index (κ2) is 5.11. The van der Waals surface area contributed by atoms with Gasteiger partial charge >= 0.3 is 0 Å². The van der Waals surface area contributed by atoms with Gasteiger partial charge in [0.05, 0.1) is 19.2 Å². The average Bonchev–Trinajstić information content (AvgIpc) is 2.55. The van der Waals surface area contributed by atoms with Crippen LogP contribution in [0.5, 0.6) is 0 Å². The summed E-state index contributed by atoms with van der Waals surface area (Å²) >= 11 is 0. The molecule has 86 valence electrons. The molecule has 0 aliphatic carbocycles. The highest BCUT2D eigenvalue weighted by atomic mass is 16.3. The molecule has 1 saturated heterocycles. The molecule has 5 nitrogen and oxygen atoms in total. The summed E-state index contributed by atoms with van der Waals surface area (Å²) in [6, 6.07) is -0.0914. The SMILES string of the molecule is CC(=O)NCC(=O)N1CCC(C)C1CO. The van der Waals surface area contributed by atoms with Crippen molar-refractivity contribution >= 4 is 11.8 Å². The third-order valence-corrected chi connectivity index (χ3v) is 2.88. The molecule has 2 amide bonds. The van der Waals surface area contributed by atoms with E-state index in [0.717, 1.165) is 6.42 Å². The summed E-state index contributed by atoms with van der Waals surface area (Å²) in [6.45, 7) is 4.09. The normalized spacial score (nSPS) is 25.4. The Bertz CT molecular complexity index is 255. The van der Waals surface area contributed by atoms with Gasteiger partial charge in [-0.3, -0.25) is 9.59 Å². The van der Waals surface area contributed by atoms with E-state index in [9.17, 15) is 9.59 Å². The van der Waals surface area contributed by atoms with Crippen LogP contribution in [-0.4, -0.2) is 47.6 Å². The first kappa shape index (κ1) is 12.0. The number of hydrogen-bond acceptors (Lipinski definition) is 3. The molecule has 1 aliphatic heterocycles. The van der Waals surface area contributed by atoms with Gasteiger partial charge in [0.1, 0.15) is 0 Å². The lowest BCUT2D eigenvalue weighted by molar-refractivity contribution is -0.134. The van der Waals surface area contributed by atoms with Gasteiger partial charge in [-0.15, -0.1) is 0 Å². The van der Waals surface area contributed by atoms with Gasteiger partial charge < -0.3 is 15.3 Å². The van der Waals surface area contributed by atoms with Crippen molar-refractivity contribution in [2.75, 3.05) is 19.7 Å². The van der Waals surface area contributed by atoms with Crippen LogP contribution in [0.2, 0.25) is 0 Å². The van der Waals surface area contributed by atoms with Crippen LogP contribution in [-0.2, 0) is 9.59 Å². The number of aliphatic hydroxyl groups is 1. The molecule has 0 spiro atoms. The topological polar surface area (TPSA) is 69.6 Å². The maximum atomic E-state index is 11.7. The highest BCUT2D eigenvalue weighted by Gasteiger charge is 2.33. The number of carbonyl (C=O) groups excluding carboxylic acids is 2. The average molecular weight is 214 g/mol. The highest BCUT2D eigenvalue weighted by Crippen LogP contribution is 2.23. The zero-order valence-corrected chi connectivity index (χ0v) is 9.19. The molecule has 1 rings (SSSR count). The Morgan fingerprint density at radius 3 is 2.73 bits per heavy atom. The van der Waals surface area contributed by atoms with Crippen molar-refractivity contribution in [3.63, 3.8) is 0 Å². The van der Waals surface area contributed by atoms with Crippen LogP contribution in [0.1, 0.15) is 20.3 Å². The van der Waals surface area contributed by atoms with E-state index < -0.39 is 0 Å². The summed E-state index contributed by atoms with van der Waals surface area (Å²) in [5.74, 6) is 0.000946. The van der Waals surface area contributed by atoms with Crippen LogP contribution < -0.4 is 5.32 Å². The predicted octanol–water partition coefficient (Wildman–Crippen LogP) is -0.648. The molecule has 5 heteroatoms. The van der Waals surface area contributed by atoms with E-state index in [2.05, 4.69) is 5.32 Å². The van der Waals surface area contributed by atoms with Crippen LogP contribution in [0, 0.1) is 5.92 Å². The number of nitrogens with zero attached hydrogens (tertiary/aromatic N) is 1. The third kappa shape index (κ3) is 2.92. The molecule has 15 heavy (non-hydrogen) atoms. The van der Waals surface area contributed by atoms with E-state index >= 15 is 0 Å². The Morgan fingerprint density at radius 2 is 2.20 bits per heavy atom. The third-order valence-electron chi connectivity index (χ3n) is 2.88. The molecule has 1 aliphatic rings. The van der Waals surface area contributed by atoms with Gasteiger partial charge in [-0.05, 0) is 12.3 Å². The van der Waals surface area contributed by atoms with Crippen molar-refractivity contribution in [2.24, 2.45) is 5.92 Å². The number of hydrogen-bond donors (Lipinski definition) is 2. The van der Waals surface area contributed by atoms with Gasteiger partial charge in [-0.2, -0.15) is 0 Å². The molecule has 2 N–H and O–H groups in total.